The van der Waals surface area contributed by atoms with Crippen LogP contribution in [0, 0.1) is 23.3 Å². The number of hydrogen-bond acceptors (Lipinski definition) is 3. The van der Waals surface area contributed by atoms with E-state index in [4.69, 9.17) is 5.84 Å². The van der Waals surface area contributed by atoms with Crippen molar-refractivity contribution in [1.29, 1.82) is 0 Å². The Kier molecular flexibility index (Phi) is 4.37. The summed E-state index contributed by atoms with van der Waals surface area (Å²) in [5.41, 5.74) is -1.52. The lowest BCUT2D eigenvalue weighted by atomic mass is 10.0. The third-order valence-corrected chi connectivity index (χ3v) is 2.76. The summed E-state index contributed by atoms with van der Waals surface area (Å²) in [5, 5.41) is 0. The molecule has 10 heteroatoms. The third kappa shape index (κ3) is 3.31. The van der Waals surface area contributed by atoms with Crippen molar-refractivity contribution in [1.82, 2.24) is 0 Å². The summed E-state index contributed by atoms with van der Waals surface area (Å²) in [7, 11) is 0. The van der Waals surface area contributed by atoms with Crippen LogP contribution in [0.3, 0.4) is 0 Å². The second kappa shape index (κ2) is 5.95. The highest BCUT2D eigenvalue weighted by Crippen LogP contribution is 2.36. The fourth-order valence-corrected chi connectivity index (χ4v) is 1.86. The van der Waals surface area contributed by atoms with E-state index in [1.165, 1.54) is 5.43 Å². The Morgan fingerprint density at radius 2 is 1.48 bits per heavy atom. The SMILES string of the molecule is NNc1c(F)c(F)c(-c2cccc(OC(F)(F)F)c2)c(F)c1F. The highest BCUT2D eigenvalue weighted by Gasteiger charge is 2.32. The van der Waals surface area contributed by atoms with Gasteiger partial charge in [-0.2, -0.15) is 0 Å². The Labute approximate surface area is 124 Å². The second-order valence-corrected chi connectivity index (χ2v) is 4.23. The maximum Gasteiger partial charge on any atom is 0.573 e. The summed E-state index contributed by atoms with van der Waals surface area (Å²) in [5.74, 6) is -3.32. The average Bonchev–Trinajstić information content (AvgIpc) is 2.45. The smallest absolute Gasteiger partial charge is 0.406 e. The molecule has 0 fully saturated rings. The van der Waals surface area contributed by atoms with Crippen LogP contribution in [0.15, 0.2) is 24.3 Å². The molecular formula is C13H7F7N2O. The summed E-state index contributed by atoms with van der Waals surface area (Å²) < 4.78 is 95.1. The molecule has 0 radical (unpaired) electrons. The van der Waals surface area contributed by atoms with Gasteiger partial charge in [0.1, 0.15) is 11.4 Å². The van der Waals surface area contributed by atoms with Gasteiger partial charge in [-0.3, -0.25) is 5.84 Å². The largest absolute Gasteiger partial charge is 0.573 e. The highest BCUT2D eigenvalue weighted by atomic mass is 19.4. The lowest BCUT2D eigenvalue weighted by Gasteiger charge is -2.13. The first kappa shape index (κ1) is 16.9. The molecule has 0 unspecified atom stereocenters. The monoisotopic (exact) mass is 340 g/mol. The fraction of sp³-hybridized carbons (Fsp3) is 0.0769. The maximum atomic E-state index is 13.9. The number of rotatable bonds is 3. The zero-order chi connectivity index (χ0) is 17.4. The highest BCUT2D eigenvalue weighted by molar-refractivity contribution is 5.69. The molecular weight excluding hydrogens is 333 g/mol. The first-order valence-corrected chi connectivity index (χ1v) is 5.84. The zero-order valence-corrected chi connectivity index (χ0v) is 10.9. The van der Waals surface area contributed by atoms with E-state index in [2.05, 4.69) is 4.74 Å². The summed E-state index contributed by atoms with van der Waals surface area (Å²) >= 11 is 0. The topological polar surface area (TPSA) is 47.3 Å². The number of nitrogens with two attached hydrogens (primary N) is 1. The van der Waals surface area contributed by atoms with Gasteiger partial charge >= 0.3 is 6.36 Å². The van der Waals surface area contributed by atoms with Gasteiger partial charge in [-0.05, 0) is 17.7 Å². The van der Waals surface area contributed by atoms with Crippen LogP contribution in [0.1, 0.15) is 0 Å². The van der Waals surface area contributed by atoms with E-state index in [-0.39, 0.29) is 0 Å². The van der Waals surface area contributed by atoms with Crippen molar-refractivity contribution in [2.75, 3.05) is 5.43 Å². The predicted octanol–water partition coefficient (Wildman–Crippen LogP) is 4.09. The molecule has 2 rings (SSSR count). The van der Waals surface area contributed by atoms with E-state index in [0.29, 0.717) is 6.07 Å². The number of nitrogen functional groups attached to an aromatic ring is 1. The number of anilines is 1. The Bertz CT molecular complexity index is 717. The quantitative estimate of drug-likeness (QED) is 0.383. The van der Waals surface area contributed by atoms with Gasteiger partial charge in [0.05, 0.1) is 5.56 Å². The number of ether oxygens (including phenoxy) is 1. The molecule has 3 nitrogen and oxygen atoms in total. The van der Waals surface area contributed by atoms with Crippen molar-refractivity contribution in [2.24, 2.45) is 5.84 Å². The molecule has 0 aliphatic heterocycles. The van der Waals surface area contributed by atoms with E-state index in [1.807, 2.05) is 0 Å². The van der Waals surface area contributed by atoms with E-state index in [9.17, 15) is 30.7 Å². The van der Waals surface area contributed by atoms with Crippen LogP contribution in [0.25, 0.3) is 11.1 Å². The van der Waals surface area contributed by atoms with Crippen LogP contribution in [0.2, 0.25) is 0 Å². The number of hydrogen-bond donors (Lipinski definition) is 2. The van der Waals surface area contributed by atoms with Gasteiger partial charge < -0.3 is 10.2 Å². The van der Waals surface area contributed by atoms with Crippen molar-refractivity contribution in [3.8, 4) is 16.9 Å². The van der Waals surface area contributed by atoms with Gasteiger partial charge in [0, 0.05) is 0 Å². The molecule has 0 aromatic heterocycles. The minimum atomic E-state index is -5.04. The van der Waals surface area contributed by atoms with Crippen molar-refractivity contribution in [2.45, 2.75) is 6.36 Å². The lowest BCUT2D eigenvalue weighted by molar-refractivity contribution is -0.274. The first-order chi connectivity index (χ1) is 10.7. The number of hydrazine groups is 1. The van der Waals surface area contributed by atoms with Crippen LogP contribution in [0.5, 0.6) is 5.75 Å². The van der Waals surface area contributed by atoms with Crippen molar-refractivity contribution in [3.63, 3.8) is 0 Å². The Morgan fingerprint density at radius 1 is 0.913 bits per heavy atom. The van der Waals surface area contributed by atoms with Gasteiger partial charge in [0.25, 0.3) is 0 Å². The van der Waals surface area contributed by atoms with E-state index in [1.54, 1.807) is 0 Å². The second-order valence-electron chi connectivity index (χ2n) is 4.23. The van der Waals surface area contributed by atoms with Crippen molar-refractivity contribution in [3.05, 3.63) is 47.5 Å². The minimum absolute atomic E-state index is 0.553. The molecule has 3 N–H and O–H groups in total. The maximum absolute atomic E-state index is 13.9. The van der Waals surface area contributed by atoms with Gasteiger partial charge in [-0.25, -0.2) is 17.6 Å². The molecule has 0 bridgehead atoms. The minimum Gasteiger partial charge on any atom is -0.406 e. The molecule has 0 atom stereocenters. The number of benzene rings is 2. The molecule has 0 aliphatic rings. The van der Waals surface area contributed by atoms with Crippen LogP contribution in [-0.4, -0.2) is 6.36 Å². The Hall–Kier alpha value is -2.49. The van der Waals surface area contributed by atoms with E-state index < -0.39 is 52.2 Å². The average molecular weight is 340 g/mol. The van der Waals surface area contributed by atoms with Crippen molar-refractivity contribution >= 4 is 5.69 Å². The molecule has 0 saturated heterocycles. The Morgan fingerprint density at radius 3 is 1.96 bits per heavy atom. The summed E-state index contributed by atoms with van der Waals surface area (Å²) in [6.07, 6.45) is -5.04. The molecule has 23 heavy (non-hydrogen) atoms. The van der Waals surface area contributed by atoms with Crippen LogP contribution in [-0.2, 0) is 0 Å². The van der Waals surface area contributed by atoms with Crippen molar-refractivity contribution < 1.29 is 35.5 Å². The van der Waals surface area contributed by atoms with Gasteiger partial charge in [0.15, 0.2) is 23.3 Å². The number of nitrogens with one attached hydrogen (secondary N) is 1. The first-order valence-electron chi connectivity index (χ1n) is 5.84. The summed E-state index contributed by atoms with van der Waals surface area (Å²) in [6, 6.07) is 3.37. The van der Waals surface area contributed by atoms with E-state index >= 15 is 0 Å². The van der Waals surface area contributed by atoms with E-state index in [0.717, 1.165) is 18.2 Å². The van der Waals surface area contributed by atoms with Gasteiger partial charge in [0.2, 0.25) is 0 Å². The summed E-state index contributed by atoms with van der Waals surface area (Å²) in [4.78, 5) is 0. The lowest BCUT2D eigenvalue weighted by Crippen LogP contribution is -2.17. The molecule has 2 aromatic rings. The van der Waals surface area contributed by atoms with Crippen LogP contribution < -0.4 is 16.0 Å². The molecule has 0 spiro atoms. The molecule has 2 aromatic carbocycles. The van der Waals surface area contributed by atoms with Crippen LogP contribution >= 0.6 is 0 Å². The molecule has 0 amide bonds. The molecule has 124 valence electrons. The fourth-order valence-electron chi connectivity index (χ4n) is 1.86. The van der Waals surface area contributed by atoms with Crippen LogP contribution in [0.4, 0.5) is 36.4 Å². The zero-order valence-electron chi connectivity index (χ0n) is 10.9. The number of alkyl halides is 3. The van der Waals surface area contributed by atoms with Gasteiger partial charge in [-0.1, -0.05) is 12.1 Å². The third-order valence-electron chi connectivity index (χ3n) is 2.76. The summed E-state index contributed by atoms with van der Waals surface area (Å²) in [6.45, 7) is 0. The number of halogens is 7. The normalized spacial score (nSPS) is 11.5. The molecule has 0 heterocycles. The predicted molar refractivity (Wildman–Crippen MR) is 66.2 cm³/mol. The van der Waals surface area contributed by atoms with Gasteiger partial charge in [-0.15, -0.1) is 13.2 Å². The standard InChI is InChI=1S/C13H7F7N2O/c14-8-7(9(15)11(17)12(22-21)10(8)16)5-2-1-3-6(4-5)23-13(18,19)20/h1-4,22H,21H2. The molecule has 0 saturated carbocycles. The Balaban J connectivity index is 2.62. The molecule has 0 aliphatic carbocycles.